The topological polar surface area (TPSA) is 70.2 Å². The van der Waals surface area contributed by atoms with Crippen LogP contribution in [-0.4, -0.2) is 63.2 Å². The van der Waals surface area contributed by atoms with E-state index in [1.807, 2.05) is 43.6 Å². The number of ether oxygens (including phenoxy) is 1. The van der Waals surface area contributed by atoms with Crippen LogP contribution in [-0.2, 0) is 11.3 Å². The molecule has 0 saturated carbocycles. The minimum Gasteiger partial charge on any atom is -0.371 e. The van der Waals surface area contributed by atoms with E-state index >= 15 is 0 Å². The second-order valence-corrected chi connectivity index (χ2v) is 7.94. The van der Waals surface area contributed by atoms with E-state index in [1.54, 1.807) is 0 Å². The van der Waals surface area contributed by atoms with Crippen LogP contribution in [0.3, 0.4) is 0 Å². The molecule has 0 amide bonds. The summed E-state index contributed by atoms with van der Waals surface area (Å²) in [6.07, 6.45) is 5.92. The Labute approximate surface area is 164 Å². The molecule has 2 saturated heterocycles. The molecule has 0 unspecified atom stereocenters. The van der Waals surface area contributed by atoms with E-state index in [-0.39, 0.29) is 5.60 Å². The summed E-state index contributed by atoms with van der Waals surface area (Å²) in [6, 6.07) is 8.04. The van der Waals surface area contributed by atoms with Gasteiger partial charge < -0.3 is 14.6 Å². The van der Waals surface area contributed by atoms with Crippen LogP contribution in [0.15, 0.2) is 36.7 Å². The minimum atomic E-state index is -0.0774. The van der Waals surface area contributed by atoms with Crippen molar-refractivity contribution in [2.75, 3.05) is 37.7 Å². The van der Waals surface area contributed by atoms with Crippen molar-refractivity contribution in [1.82, 2.24) is 24.8 Å². The van der Waals surface area contributed by atoms with Crippen molar-refractivity contribution in [3.8, 4) is 0 Å². The van der Waals surface area contributed by atoms with Crippen LogP contribution in [0.5, 0.6) is 0 Å². The normalized spacial score (nSPS) is 20.1. The first-order chi connectivity index (χ1) is 13.7. The smallest absolute Gasteiger partial charge is 0.148 e. The molecule has 28 heavy (non-hydrogen) atoms. The Kier molecular flexibility index (Phi) is 4.49. The molecule has 7 heteroatoms. The lowest BCUT2D eigenvalue weighted by atomic mass is 9.89. The number of likely N-dealkylation sites (tertiary alicyclic amines) is 1. The van der Waals surface area contributed by atoms with Crippen molar-refractivity contribution in [1.29, 1.82) is 0 Å². The fraction of sp³-hybridized carbons (Fsp3) is 0.476. The van der Waals surface area contributed by atoms with E-state index in [0.29, 0.717) is 0 Å². The van der Waals surface area contributed by atoms with Gasteiger partial charge in [0.1, 0.15) is 11.6 Å². The molecule has 0 aliphatic carbocycles. The molecule has 0 atom stereocenters. The third-order valence-electron chi connectivity index (χ3n) is 5.93. The van der Waals surface area contributed by atoms with Crippen molar-refractivity contribution in [3.63, 3.8) is 0 Å². The molecule has 2 aromatic heterocycles. The number of fused-ring (bicyclic) bond motifs is 1. The third-order valence-corrected chi connectivity index (χ3v) is 5.93. The highest BCUT2D eigenvalue weighted by Gasteiger charge is 2.40. The first-order valence-corrected chi connectivity index (χ1v) is 10.0. The van der Waals surface area contributed by atoms with Crippen LogP contribution < -0.4 is 4.90 Å². The molecule has 4 heterocycles. The van der Waals surface area contributed by atoms with E-state index in [9.17, 15) is 0 Å². The zero-order valence-electron chi connectivity index (χ0n) is 16.3. The monoisotopic (exact) mass is 378 g/mol. The van der Waals surface area contributed by atoms with E-state index in [4.69, 9.17) is 9.72 Å². The number of nitrogens with zero attached hydrogens (tertiary/aromatic N) is 5. The summed E-state index contributed by atoms with van der Waals surface area (Å²) in [5.74, 6) is 1.93. The van der Waals surface area contributed by atoms with Crippen LogP contribution in [0.2, 0.25) is 0 Å². The molecule has 2 aliphatic heterocycles. The molecule has 7 nitrogen and oxygen atoms in total. The van der Waals surface area contributed by atoms with Crippen molar-refractivity contribution < 1.29 is 4.74 Å². The fourth-order valence-corrected chi connectivity index (χ4v) is 4.35. The number of aromatic amines is 1. The molecule has 3 aromatic rings. The Bertz CT molecular complexity index is 962. The minimum absolute atomic E-state index is 0.0774. The van der Waals surface area contributed by atoms with Gasteiger partial charge >= 0.3 is 0 Å². The summed E-state index contributed by atoms with van der Waals surface area (Å²) >= 11 is 0. The maximum atomic E-state index is 6.31. The summed E-state index contributed by atoms with van der Waals surface area (Å²) < 4.78 is 6.31. The SMILES string of the molecule is Cc1ncc(CN2CCC3(CC2)CN(c2cnc4ccccc4n2)CCO3)[nH]1. The maximum absolute atomic E-state index is 6.31. The number of aryl methyl sites for hydroxylation is 1. The second kappa shape index (κ2) is 7.14. The zero-order chi connectivity index (χ0) is 19.0. The Morgan fingerprint density at radius 3 is 2.68 bits per heavy atom. The average Bonchev–Trinajstić information content (AvgIpc) is 3.14. The number of H-pyrrole nitrogens is 1. The lowest BCUT2D eigenvalue weighted by Gasteiger charge is -2.47. The van der Waals surface area contributed by atoms with E-state index in [2.05, 4.69) is 24.8 Å². The summed E-state index contributed by atoms with van der Waals surface area (Å²) in [6.45, 7) is 7.49. The molecule has 2 fully saturated rings. The largest absolute Gasteiger partial charge is 0.371 e. The number of hydrogen-bond donors (Lipinski definition) is 1. The first-order valence-electron chi connectivity index (χ1n) is 10.0. The van der Waals surface area contributed by atoms with E-state index in [0.717, 1.165) is 74.8 Å². The summed E-state index contributed by atoms with van der Waals surface area (Å²) in [5.41, 5.74) is 3.00. The molecule has 5 rings (SSSR count). The van der Waals surface area contributed by atoms with Crippen LogP contribution >= 0.6 is 0 Å². The molecule has 1 aromatic carbocycles. The van der Waals surface area contributed by atoms with Gasteiger partial charge in [-0.25, -0.2) is 9.97 Å². The number of benzene rings is 1. The zero-order valence-corrected chi connectivity index (χ0v) is 16.3. The number of hydrogen-bond acceptors (Lipinski definition) is 6. The molecular weight excluding hydrogens is 352 g/mol. The number of morpholine rings is 1. The lowest BCUT2D eigenvalue weighted by molar-refractivity contribution is -0.0923. The van der Waals surface area contributed by atoms with Crippen LogP contribution in [0.25, 0.3) is 11.0 Å². The summed E-state index contributed by atoms with van der Waals surface area (Å²) in [4.78, 5) is 21.9. The van der Waals surface area contributed by atoms with Gasteiger partial charge in [0.25, 0.3) is 0 Å². The van der Waals surface area contributed by atoms with Gasteiger partial charge in [-0.15, -0.1) is 0 Å². The van der Waals surface area contributed by atoms with Gasteiger partial charge in [0.15, 0.2) is 0 Å². The van der Waals surface area contributed by atoms with Crippen molar-refractivity contribution in [3.05, 3.63) is 48.2 Å². The standard InChI is InChI=1S/C21H26N6O/c1-16-22-12-17(24-16)14-26-8-6-21(7-9-26)15-27(10-11-28-21)20-13-23-18-4-2-3-5-19(18)25-20/h2-5,12-13H,6-11,14-15H2,1H3,(H,22,24). The third kappa shape index (κ3) is 3.47. The average molecular weight is 378 g/mol. The lowest BCUT2D eigenvalue weighted by Crippen LogP contribution is -2.57. The first kappa shape index (κ1) is 17.6. The highest BCUT2D eigenvalue weighted by Crippen LogP contribution is 2.32. The van der Waals surface area contributed by atoms with Gasteiger partial charge in [-0.2, -0.15) is 0 Å². The molecule has 2 aliphatic rings. The Morgan fingerprint density at radius 1 is 1.07 bits per heavy atom. The molecule has 146 valence electrons. The Hall–Kier alpha value is -2.51. The number of rotatable bonds is 3. The summed E-state index contributed by atoms with van der Waals surface area (Å²) in [5, 5.41) is 0. The van der Waals surface area contributed by atoms with Gasteiger partial charge in [0.2, 0.25) is 0 Å². The van der Waals surface area contributed by atoms with Crippen LogP contribution in [0, 0.1) is 6.92 Å². The number of imidazole rings is 1. The van der Waals surface area contributed by atoms with Gasteiger partial charge in [-0.3, -0.25) is 9.88 Å². The Morgan fingerprint density at radius 2 is 1.89 bits per heavy atom. The van der Waals surface area contributed by atoms with E-state index < -0.39 is 0 Å². The number of para-hydroxylation sites is 2. The predicted octanol–water partition coefficient (Wildman–Crippen LogP) is 2.53. The van der Waals surface area contributed by atoms with Crippen LogP contribution in [0.1, 0.15) is 24.4 Å². The molecule has 0 bridgehead atoms. The highest BCUT2D eigenvalue weighted by molar-refractivity contribution is 5.75. The number of anilines is 1. The highest BCUT2D eigenvalue weighted by atomic mass is 16.5. The predicted molar refractivity (Wildman–Crippen MR) is 108 cm³/mol. The molecule has 1 spiro atoms. The van der Waals surface area contributed by atoms with E-state index in [1.165, 1.54) is 5.69 Å². The fourth-order valence-electron chi connectivity index (χ4n) is 4.35. The Balaban J connectivity index is 1.26. The molecular formula is C21H26N6O. The number of aromatic nitrogens is 4. The van der Waals surface area contributed by atoms with Gasteiger partial charge in [-0.05, 0) is 31.9 Å². The number of nitrogens with one attached hydrogen (secondary N) is 1. The van der Waals surface area contributed by atoms with Crippen molar-refractivity contribution >= 4 is 16.9 Å². The second-order valence-electron chi connectivity index (χ2n) is 7.94. The van der Waals surface area contributed by atoms with Gasteiger partial charge in [0, 0.05) is 44.6 Å². The van der Waals surface area contributed by atoms with Gasteiger partial charge in [-0.1, -0.05) is 12.1 Å². The molecule has 1 N–H and O–H groups in total. The molecule has 0 radical (unpaired) electrons. The van der Waals surface area contributed by atoms with Crippen molar-refractivity contribution in [2.45, 2.75) is 31.9 Å². The van der Waals surface area contributed by atoms with Crippen molar-refractivity contribution in [2.24, 2.45) is 0 Å². The van der Waals surface area contributed by atoms with Crippen LogP contribution in [0.4, 0.5) is 5.82 Å². The maximum Gasteiger partial charge on any atom is 0.148 e. The number of piperidine rings is 1. The quantitative estimate of drug-likeness (QED) is 0.755. The van der Waals surface area contributed by atoms with Gasteiger partial charge in [0.05, 0.1) is 29.4 Å². The summed E-state index contributed by atoms with van der Waals surface area (Å²) in [7, 11) is 0.